The molecule has 26 heavy (non-hydrogen) atoms. The first-order valence-electron chi connectivity index (χ1n) is 8.07. The molecule has 4 aromatic rings. The molecule has 130 valence electrons. The van der Waals surface area contributed by atoms with E-state index in [4.69, 9.17) is 8.83 Å². The molecule has 1 amide bonds. The zero-order chi connectivity index (χ0) is 18.1. The molecule has 0 spiro atoms. The summed E-state index contributed by atoms with van der Waals surface area (Å²) >= 11 is 0. The van der Waals surface area contributed by atoms with Gasteiger partial charge in [-0.25, -0.2) is 9.37 Å². The molecule has 0 fully saturated rings. The minimum absolute atomic E-state index is 0.155. The summed E-state index contributed by atoms with van der Waals surface area (Å²) in [4.78, 5) is 18.9. The Morgan fingerprint density at radius 3 is 2.81 bits per heavy atom. The van der Waals surface area contributed by atoms with E-state index in [0.29, 0.717) is 28.1 Å². The van der Waals surface area contributed by atoms with Crippen molar-refractivity contribution >= 4 is 22.7 Å². The topological polar surface area (TPSA) is 59.5 Å². The van der Waals surface area contributed by atoms with Crippen LogP contribution in [0.3, 0.4) is 0 Å². The second kappa shape index (κ2) is 6.48. The number of pyridine rings is 1. The van der Waals surface area contributed by atoms with Gasteiger partial charge in [0.25, 0.3) is 5.91 Å². The highest BCUT2D eigenvalue weighted by Gasteiger charge is 2.26. The summed E-state index contributed by atoms with van der Waals surface area (Å²) in [7, 11) is 0. The fraction of sp³-hybridized carbons (Fsp3) is 0.100. The van der Waals surface area contributed by atoms with Crippen LogP contribution in [0.5, 0.6) is 0 Å². The molecule has 0 aliphatic heterocycles. The highest BCUT2D eigenvalue weighted by molar-refractivity contribution is 6.07. The summed E-state index contributed by atoms with van der Waals surface area (Å²) in [6.45, 7) is 1.94. The van der Waals surface area contributed by atoms with Gasteiger partial charge in [-0.15, -0.1) is 0 Å². The molecule has 1 aromatic carbocycles. The van der Waals surface area contributed by atoms with Crippen molar-refractivity contribution in [3.8, 4) is 0 Å². The molecule has 3 heterocycles. The number of hydrogen-bond donors (Lipinski definition) is 0. The number of carbonyl (C=O) groups excluding carboxylic acids is 1. The van der Waals surface area contributed by atoms with Gasteiger partial charge in [-0.05, 0) is 49.4 Å². The van der Waals surface area contributed by atoms with Crippen molar-refractivity contribution in [1.29, 1.82) is 0 Å². The summed E-state index contributed by atoms with van der Waals surface area (Å²) in [6, 6.07) is 13.0. The maximum Gasteiger partial charge on any atom is 0.295 e. The van der Waals surface area contributed by atoms with E-state index >= 15 is 0 Å². The second-order valence-corrected chi connectivity index (χ2v) is 5.86. The normalized spacial score (nSPS) is 11.0. The number of aryl methyl sites for hydroxylation is 1. The Hall–Kier alpha value is -3.41. The number of carbonyl (C=O) groups is 1. The van der Waals surface area contributed by atoms with Crippen molar-refractivity contribution in [3.05, 3.63) is 83.9 Å². The molecule has 0 bridgehead atoms. The number of halogens is 1. The Morgan fingerprint density at radius 2 is 2.08 bits per heavy atom. The Kier molecular flexibility index (Phi) is 4.01. The van der Waals surface area contributed by atoms with Gasteiger partial charge in [0.15, 0.2) is 5.76 Å². The maximum absolute atomic E-state index is 13.5. The van der Waals surface area contributed by atoms with Gasteiger partial charge in [0.05, 0.1) is 12.8 Å². The number of amides is 1. The zero-order valence-electron chi connectivity index (χ0n) is 14.0. The van der Waals surface area contributed by atoms with Crippen LogP contribution in [0.4, 0.5) is 10.2 Å². The summed E-state index contributed by atoms with van der Waals surface area (Å²) in [6.07, 6.45) is 3.16. The van der Waals surface area contributed by atoms with Crippen molar-refractivity contribution in [3.63, 3.8) is 0 Å². The minimum Gasteiger partial charge on any atom is -0.467 e. The molecule has 6 heteroatoms. The molecule has 0 atom stereocenters. The lowest BCUT2D eigenvalue weighted by Crippen LogP contribution is -2.31. The quantitative estimate of drug-likeness (QED) is 0.534. The monoisotopic (exact) mass is 350 g/mol. The first-order valence-corrected chi connectivity index (χ1v) is 8.07. The van der Waals surface area contributed by atoms with Crippen LogP contribution in [0.15, 0.2) is 69.8 Å². The highest BCUT2D eigenvalue weighted by Crippen LogP contribution is 2.28. The molecule has 5 nitrogen and oxygen atoms in total. The van der Waals surface area contributed by atoms with Crippen molar-refractivity contribution in [1.82, 2.24) is 4.98 Å². The number of anilines is 1. The minimum atomic E-state index is -0.377. The molecule has 0 N–H and O–H groups in total. The van der Waals surface area contributed by atoms with Gasteiger partial charge < -0.3 is 8.83 Å². The molecule has 3 aromatic heterocycles. The van der Waals surface area contributed by atoms with Crippen LogP contribution in [0, 0.1) is 12.7 Å². The fourth-order valence-corrected chi connectivity index (χ4v) is 2.85. The summed E-state index contributed by atoms with van der Waals surface area (Å²) in [5.41, 5.74) is 1.05. The maximum atomic E-state index is 13.5. The van der Waals surface area contributed by atoms with Crippen LogP contribution in [0.25, 0.3) is 11.0 Å². The van der Waals surface area contributed by atoms with E-state index in [-0.39, 0.29) is 24.0 Å². The van der Waals surface area contributed by atoms with Crippen molar-refractivity contribution in [2.45, 2.75) is 13.5 Å². The molecule has 0 radical (unpaired) electrons. The first-order chi connectivity index (χ1) is 12.6. The number of aromatic nitrogens is 1. The summed E-state index contributed by atoms with van der Waals surface area (Å²) in [5.74, 6) is 0.498. The van der Waals surface area contributed by atoms with Crippen molar-refractivity contribution < 1.29 is 18.0 Å². The third kappa shape index (κ3) is 2.86. The molecular formula is C20H15FN2O3. The van der Waals surface area contributed by atoms with Gasteiger partial charge >= 0.3 is 0 Å². The SMILES string of the molecule is Cc1c(C(=O)N(Cc2ccco2)c2ccccn2)oc2ccc(F)cc12. The Balaban J connectivity index is 1.78. The van der Waals surface area contributed by atoms with Crippen LogP contribution >= 0.6 is 0 Å². The molecule has 0 saturated heterocycles. The molecule has 0 aliphatic carbocycles. The van der Waals surface area contributed by atoms with Gasteiger partial charge in [0.2, 0.25) is 0 Å². The number of benzene rings is 1. The van der Waals surface area contributed by atoms with E-state index in [1.54, 1.807) is 49.7 Å². The standard InChI is InChI=1S/C20H15FN2O3/c1-13-16-11-14(21)7-8-17(16)26-19(13)20(24)23(12-15-5-4-10-25-15)18-6-2-3-9-22-18/h2-11H,12H2,1H3. The number of rotatable bonds is 4. The predicted molar refractivity (Wildman–Crippen MR) is 94.4 cm³/mol. The average molecular weight is 350 g/mol. The third-order valence-corrected chi connectivity index (χ3v) is 4.16. The van der Waals surface area contributed by atoms with Gasteiger partial charge in [-0.1, -0.05) is 6.07 Å². The van der Waals surface area contributed by atoms with Crippen LogP contribution < -0.4 is 4.90 Å². The lowest BCUT2D eigenvalue weighted by Gasteiger charge is -2.19. The van der Waals surface area contributed by atoms with E-state index in [2.05, 4.69) is 4.98 Å². The smallest absolute Gasteiger partial charge is 0.295 e. The summed E-state index contributed by atoms with van der Waals surface area (Å²) < 4.78 is 24.6. The number of nitrogens with zero attached hydrogens (tertiary/aromatic N) is 2. The molecule has 0 saturated carbocycles. The third-order valence-electron chi connectivity index (χ3n) is 4.16. The number of hydrogen-bond acceptors (Lipinski definition) is 4. The number of fused-ring (bicyclic) bond motifs is 1. The van der Waals surface area contributed by atoms with Gasteiger partial charge in [0, 0.05) is 17.1 Å². The Bertz CT molecular complexity index is 1060. The summed E-state index contributed by atoms with van der Waals surface area (Å²) in [5, 5.41) is 0.576. The first kappa shape index (κ1) is 16.1. The molecule has 0 unspecified atom stereocenters. The number of furan rings is 2. The largest absolute Gasteiger partial charge is 0.467 e. The van der Waals surface area contributed by atoms with E-state index in [9.17, 15) is 9.18 Å². The van der Waals surface area contributed by atoms with Crippen LogP contribution in [-0.4, -0.2) is 10.9 Å². The van der Waals surface area contributed by atoms with E-state index in [1.807, 2.05) is 0 Å². The zero-order valence-corrected chi connectivity index (χ0v) is 14.0. The molecular weight excluding hydrogens is 335 g/mol. The molecule has 0 aliphatic rings. The van der Waals surface area contributed by atoms with E-state index in [0.717, 1.165) is 0 Å². The van der Waals surface area contributed by atoms with Crippen LogP contribution in [0.2, 0.25) is 0 Å². The average Bonchev–Trinajstić information content (AvgIpc) is 3.28. The lowest BCUT2D eigenvalue weighted by atomic mass is 10.1. The van der Waals surface area contributed by atoms with Gasteiger partial charge in [0.1, 0.15) is 23.0 Å². The predicted octanol–water partition coefficient (Wildman–Crippen LogP) is 4.72. The van der Waals surface area contributed by atoms with E-state index < -0.39 is 0 Å². The fourth-order valence-electron chi connectivity index (χ4n) is 2.85. The highest BCUT2D eigenvalue weighted by atomic mass is 19.1. The van der Waals surface area contributed by atoms with Crippen LogP contribution in [-0.2, 0) is 6.54 Å². The second-order valence-electron chi connectivity index (χ2n) is 5.86. The van der Waals surface area contributed by atoms with Crippen molar-refractivity contribution in [2.24, 2.45) is 0 Å². The van der Waals surface area contributed by atoms with E-state index in [1.165, 1.54) is 23.1 Å². The Morgan fingerprint density at radius 1 is 1.19 bits per heavy atom. The van der Waals surface area contributed by atoms with Gasteiger partial charge in [-0.2, -0.15) is 0 Å². The van der Waals surface area contributed by atoms with Gasteiger partial charge in [-0.3, -0.25) is 9.69 Å². The Labute approximate surface area is 148 Å². The van der Waals surface area contributed by atoms with Crippen molar-refractivity contribution in [2.75, 3.05) is 4.90 Å². The van der Waals surface area contributed by atoms with Crippen LogP contribution in [0.1, 0.15) is 21.9 Å². The molecule has 4 rings (SSSR count). The lowest BCUT2D eigenvalue weighted by molar-refractivity contribution is 0.0957.